The fourth-order valence-electron chi connectivity index (χ4n) is 4.09. The fraction of sp³-hybridized carbons (Fsp3) is 0.318. The number of halogens is 2. The molecule has 0 spiro atoms. The summed E-state index contributed by atoms with van der Waals surface area (Å²) in [4.78, 5) is 8.84. The van der Waals surface area contributed by atoms with Crippen LogP contribution in [0.3, 0.4) is 0 Å². The van der Waals surface area contributed by atoms with E-state index in [1.807, 2.05) is 12.1 Å². The number of rotatable bonds is 4. The Hall–Kier alpha value is -2.43. The predicted molar refractivity (Wildman–Crippen MR) is 133 cm³/mol. The van der Waals surface area contributed by atoms with Crippen LogP contribution in [0.2, 0.25) is 0 Å². The molecule has 1 aliphatic heterocycles. The van der Waals surface area contributed by atoms with Crippen LogP contribution in [-0.4, -0.2) is 37.6 Å². The highest BCUT2D eigenvalue weighted by Crippen LogP contribution is 2.38. The van der Waals surface area contributed by atoms with Crippen molar-refractivity contribution in [1.29, 1.82) is 5.41 Å². The summed E-state index contributed by atoms with van der Waals surface area (Å²) in [5, 5.41) is 15.7. The summed E-state index contributed by atoms with van der Waals surface area (Å²) < 4.78 is 31.6. The van der Waals surface area contributed by atoms with Crippen LogP contribution in [0.25, 0.3) is 10.9 Å². The van der Waals surface area contributed by atoms with Crippen molar-refractivity contribution in [3.63, 3.8) is 0 Å². The van der Waals surface area contributed by atoms with Gasteiger partial charge in [0.15, 0.2) is 5.82 Å². The average molecular weight is 521 g/mol. The van der Waals surface area contributed by atoms with Crippen LogP contribution in [0.1, 0.15) is 26.3 Å². The summed E-state index contributed by atoms with van der Waals surface area (Å²) in [6.45, 7) is 5.31. The number of aromatic nitrogens is 2. The molecule has 0 aliphatic carbocycles. The molecular formula is C22H26BrFN6OS. The third kappa shape index (κ3) is 3.70. The van der Waals surface area contributed by atoms with Crippen molar-refractivity contribution >= 4 is 54.3 Å². The second kappa shape index (κ2) is 7.86. The monoisotopic (exact) mass is 520 g/mol. The second-order valence-corrected chi connectivity index (χ2v) is 13.0. The maximum absolute atomic E-state index is 15.0. The van der Waals surface area contributed by atoms with Crippen LogP contribution in [0, 0.1) is 11.2 Å². The van der Waals surface area contributed by atoms with Gasteiger partial charge in [0.2, 0.25) is 0 Å². The first kappa shape index (κ1) is 22.8. The SMILES string of the molecule is CN[SH]1(=O)C[C@@](C)(c2cc(Nc3nccc4cc(Br)cnc34)ccc2F)NC(=N)C1(C)C. The maximum atomic E-state index is 15.0. The predicted octanol–water partition coefficient (Wildman–Crippen LogP) is 4.00. The number of nitrogens with zero attached hydrogens (tertiary/aromatic N) is 2. The van der Waals surface area contributed by atoms with Crippen LogP contribution >= 0.6 is 15.9 Å². The molecule has 1 aromatic carbocycles. The van der Waals surface area contributed by atoms with Crippen LogP contribution in [0.4, 0.5) is 15.9 Å². The molecule has 0 saturated carbocycles. The lowest BCUT2D eigenvalue weighted by molar-refractivity contribution is 0.430. The van der Waals surface area contributed by atoms with E-state index in [9.17, 15) is 4.21 Å². The molecule has 0 bridgehead atoms. The molecule has 32 heavy (non-hydrogen) atoms. The van der Waals surface area contributed by atoms with Gasteiger partial charge in [-0.05, 0) is 84.2 Å². The highest BCUT2D eigenvalue weighted by molar-refractivity contribution is 9.10. The van der Waals surface area contributed by atoms with Crippen molar-refractivity contribution in [2.75, 3.05) is 18.1 Å². The molecule has 7 nitrogen and oxygen atoms in total. The minimum Gasteiger partial charge on any atom is -0.363 e. The van der Waals surface area contributed by atoms with Gasteiger partial charge in [0.05, 0.1) is 10.3 Å². The Balaban J connectivity index is 1.74. The average Bonchev–Trinajstić information content (AvgIpc) is 2.73. The molecule has 1 saturated heterocycles. The number of fused-ring (bicyclic) bond motifs is 1. The largest absolute Gasteiger partial charge is 0.363 e. The summed E-state index contributed by atoms with van der Waals surface area (Å²) in [5.74, 6) is 0.388. The van der Waals surface area contributed by atoms with E-state index in [0.717, 1.165) is 9.86 Å². The van der Waals surface area contributed by atoms with Crippen molar-refractivity contribution < 1.29 is 8.60 Å². The van der Waals surface area contributed by atoms with Crippen molar-refractivity contribution in [2.45, 2.75) is 31.1 Å². The van der Waals surface area contributed by atoms with Gasteiger partial charge in [-0.15, -0.1) is 0 Å². The molecule has 1 atom stereocenters. The van der Waals surface area contributed by atoms with Gasteiger partial charge in [0.1, 0.15) is 17.2 Å². The molecule has 170 valence electrons. The smallest absolute Gasteiger partial charge is 0.156 e. The van der Waals surface area contributed by atoms with E-state index >= 15 is 4.39 Å². The molecule has 1 aliphatic rings. The first-order valence-electron chi connectivity index (χ1n) is 10.1. The van der Waals surface area contributed by atoms with Gasteiger partial charge in [0.25, 0.3) is 0 Å². The molecule has 3 aromatic rings. The van der Waals surface area contributed by atoms with Gasteiger partial charge in [-0.3, -0.25) is 19.3 Å². The molecule has 3 heterocycles. The topological polar surface area (TPSA) is 103 Å². The Morgan fingerprint density at radius 2 is 1.97 bits per heavy atom. The number of hydrogen-bond donors (Lipinski definition) is 5. The number of amidine groups is 1. The molecule has 0 radical (unpaired) electrons. The Kier molecular flexibility index (Phi) is 5.59. The third-order valence-corrected chi connectivity index (χ3v) is 10.5. The maximum Gasteiger partial charge on any atom is 0.156 e. The zero-order valence-electron chi connectivity index (χ0n) is 18.3. The van der Waals surface area contributed by atoms with E-state index in [1.165, 1.54) is 6.07 Å². The number of hydrogen-bond acceptors (Lipinski definition) is 5. The van der Waals surface area contributed by atoms with Gasteiger partial charge in [-0.2, -0.15) is 0 Å². The van der Waals surface area contributed by atoms with Gasteiger partial charge in [-0.1, -0.05) is 0 Å². The lowest BCUT2D eigenvalue weighted by atomic mass is 9.91. The van der Waals surface area contributed by atoms with E-state index < -0.39 is 26.2 Å². The lowest BCUT2D eigenvalue weighted by Gasteiger charge is -2.51. The van der Waals surface area contributed by atoms with Crippen LogP contribution in [-0.2, 0) is 15.7 Å². The first-order valence-corrected chi connectivity index (χ1v) is 12.8. The number of anilines is 2. The van der Waals surface area contributed by atoms with Crippen molar-refractivity contribution in [3.05, 3.63) is 58.6 Å². The lowest BCUT2D eigenvalue weighted by Crippen LogP contribution is -2.69. The van der Waals surface area contributed by atoms with Gasteiger partial charge >= 0.3 is 0 Å². The highest BCUT2D eigenvalue weighted by atomic mass is 79.9. The van der Waals surface area contributed by atoms with Crippen LogP contribution in [0.15, 0.2) is 47.2 Å². The zero-order chi connectivity index (χ0) is 23.3. The number of pyridine rings is 2. The first-order chi connectivity index (χ1) is 15.0. The molecule has 4 rings (SSSR count). The van der Waals surface area contributed by atoms with E-state index in [2.05, 4.69) is 41.3 Å². The number of benzene rings is 1. The summed E-state index contributed by atoms with van der Waals surface area (Å²) in [6.07, 6.45) is 3.38. The Bertz CT molecular complexity index is 1280. The van der Waals surface area contributed by atoms with Gasteiger partial charge in [-0.25, -0.2) is 9.37 Å². The molecule has 1 fully saturated rings. The minimum absolute atomic E-state index is 0.118. The van der Waals surface area contributed by atoms with Crippen molar-refractivity contribution in [3.8, 4) is 0 Å². The normalized spacial score (nSPS) is 22.9. The van der Waals surface area contributed by atoms with Crippen molar-refractivity contribution in [1.82, 2.24) is 20.0 Å². The van der Waals surface area contributed by atoms with E-state index in [-0.39, 0.29) is 11.6 Å². The van der Waals surface area contributed by atoms with E-state index in [1.54, 1.807) is 52.3 Å². The quantitative estimate of drug-likeness (QED) is 0.334. The van der Waals surface area contributed by atoms with E-state index in [0.29, 0.717) is 22.6 Å². The Labute approximate surface area is 195 Å². The Morgan fingerprint density at radius 1 is 1.22 bits per heavy atom. The molecule has 0 unspecified atom stereocenters. The molecule has 0 amide bonds. The second-order valence-electron chi connectivity index (χ2n) is 8.72. The van der Waals surface area contributed by atoms with Crippen molar-refractivity contribution in [2.24, 2.45) is 0 Å². The summed E-state index contributed by atoms with van der Waals surface area (Å²) in [6, 6.07) is 8.48. The summed E-state index contributed by atoms with van der Waals surface area (Å²) in [7, 11) is -1.40. The zero-order valence-corrected chi connectivity index (χ0v) is 20.7. The number of thiol groups is 1. The highest BCUT2D eigenvalue weighted by Gasteiger charge is 2.50. The molecule has 2 aromatic heterocycles. The minimum atomic E-state index is -3.03. The van der Waals surface area contributed by atoms with Gasteiger partial charge in [0, 0.05) is 39.3 Å². The standard InChI is InChI=1S/C22H26BrFN6OS/c1-21(2)20(25)30-22(3,12-32(21,31)26-4)16-10-15(5-6-17(16)24)29-19-18-13(7-8-27-19)9-14(23)11-28-18/h5-11,32H,12H2,1-4H3,(H2,25,30)(H,26,31)(H,27,29)/t22-/m0/s1. The molecule has 4 N–H and O–H groups in total. The summed E-state index contributed by atoms with van der Waals surface area (Å²) >= 11 is 3.42. The third-order valence-electron chi connectivity index (χ3n) is 6.21. The van der Waals surface area contributed by atoms with Gasteiger partial charge < -0.3 is 10.6 Å². The van der Waals surface area contributed by atoms with Crippen LogP contribution in [0.5, 0.6) is 0 Å². The van der Waals surface area contributed by atoms with E-state index in [4.69, 9.17) is 5.41 Å². The Morgan fingerprint density at radius 3 is 2.69 bits per heavy atom. The number of nitrogens with one attached hydrogen (secondary N) is 4. The molecule has 10 heteroatoms. The fourth-order valence-corrected chi connectivity index (χ4v) is 7.11. The molecular weight excluding hydrogens is 495 g/mol. The van der Waals surface area contributed by atoms with Crippen LogP contribution < -0.4 is 15.4 Å². The summed E-state index contributed by atoms with van der Waals surface area (Å²) in [5.41, 5.74) is 0.605.